The van der Waals surface area contributed by atoms with Crippen LogP contribution < -0.4 is 15.4 Å². The van der Waals surface area contributed by atoms with Gasteiger partial charge in [0, 0.05) is 12.2 Å². The summed E-state index contributed by atoms with van der Waals surface area (Å²) in [5.74, 6) is 0.651. The summed E-state index contributed by atoms with van der Waals surface area (Å²) in [4.78, 5) is 14.4. The Bertz CT molecular complexity index is 588. The molecule has 0 fully saturated rings. The summed E-state index contributed by atoms with van der Waals surface area (Å²) in [6.07, 6.45) is 0. The van der Waals surface area contributed by atoms with Crippen LogP contribution in [0.5, 0.6) is 6.01 Å². The van der Waals surface area contributed by atoms with Crippen molar-refractivity contribution in [3.8, 4) is 6.01 Å². The van der Waals surface area contributed by atoms with Crippen molar-refractivity contribution in [2.24, 2.45) is 0 Å². The lowest BCUT2D eigenvalue weighted by atomic mass is 10.2. The maximum absolute atomic E-state index is 5.72. The third-order valence-electron chi connectivity index (χ3n) is 2.76. The second kappa shape index (κ2) is 6.18. The normalized spacial score (nSPS) is 10.3. The molecule has 0 unspecified atom stereocenters. The van der Waals surface area contributed by atoms with Crippen molar-refractivity contribution in [1.82, 2.24) is 15.0 Å². The van der Waals surface area contributed by atoms with E-state index in [-0.39, 0.29) is 12.0 Å². The molecule has 0 radical (unpaired) electrons. The van der Waals surface area contributed by atoms with Crippen LogP contribution in [0.2, 0.25) is 0 Å². The Morgan fingerprint density at radius 3 is 2.65 bits per heavy atom. The molecule has 0 spiro atoms. The minimum absolute atomic E-state index is 0.157. The van der Waals surface area contributed by atoms with Gasteiger partial charge >= 0.3 is 6.01 Å². The van der Waals surface area contributed by atoms with Crippen molar-refractivity contribution < 1.29 is 4.74 Å². The van der Waals surface area contributed by atoms with Gasteiger partial charge in [-0.15, -0.1) is 0 Å². The van der Waals surface area contributed by atoms with Gasteiger partial charge in [-0.3, -0.25) is 0 Å². The molecule has 0 aliphatic carbocycles. The fraction of sp³-hybridized carbons (Fsp3) is 0.357. The van der Waals surface area contributed by atoms with Crippen molar-refractivity contribution in [3.05, 3.63) is 29.8 Å². The van der Waals surface area contributed by atoms with Crippen LogP contribution in [0.15, 0.2) is 24.3 Å². The van der Waals surface area contributed by atoms with Crippen molar-refractivity contribution in [1.29, 1.82) is 0 Å². The zero-order valence-corrected chi connectivity index (χ0v) is 12.0. The van der Waals surface area contributed by atoms with Gasteiger partial charge in [0.1, 0.15) is 0 Å². The maximum Gasteiger partial charge on any atom is 0.323 e. The molecule has 0 atom stereocenters. The van der Waals surface area contributed by atoms with Gasteiger partial charge in [-0.05, 0) is 38.5 Å². The van der Waals surface area contributed by atoms with Crippen LogP contribution >= 0.6 is 0 Å². The lowest BCUT2D eigenvalue weighted by molar-refractivity contribution is 0.312. The average molecular weight is 273 g/mol. The quantitative estimate of drug-likeness (QED) is 0.900. The van der Waals surface area contributed by atoms with E-state index in [0.717, 1.165) is 12.2 Å². The average Bonchev–Trinajstić information content (AvgIpc) is 2.39. The summed E-state index contributed by atoms with van der Waals surface area (Å²) in [7, 11) is 0. The van der Waals surface area contributed by atoms with Crippen LogP contribution in [-0.2, 0) is 0 Å². The Kier molecular flexibility index (Phi) is 4.34. The molecule has 1 aromatic heterocycles. The van der Waals surface area contributed by atoms with E-state index in [1.807, 2.05) is 43.9 Å². The number of hydrogen-bond donors (Lipinski definition) is 1. The standard InChI is InChI=1S/C14H19N5O/c1-4-19(11-8-6-7-10(3)9-11)13-16-12(15)17-14(18-13)20-5-2/h6-9H,4-5H2,1-3H3,(H2,15,16,17,18). The fourth-order valence-corrected chi connectivity index (χ4v) is 1.91. The van der Waals surface area contributed by atoms with E-state index in [0.29, 0.717) is 12.6 Å². The summed E-state index contributed by atoms with van der Waals surface area (Å²) >= 11 is 0. The molecule has 0 saturated carbocycles. The van der Waals surface area contributed by atoms with Crippen LogP contribution in [0.3, 0.4) is 0 Å². The fourth-order valence-electron chi connectivity index (χ4n) is 1.91. The number of ether oxygens (including phenoxy) is 1. The van der Waals surface area contributed by atoms with Crippen LogP contribution in [0.25, 0.3) is 0 Å². The lowest BCUT2D eigenvalue weighted by Gasteiger charge is -2.21. The van der Waals surface area contributed by atoms with Gasteiger partial charge in [-0.2, -0.15) is 15.0 Å². The minimum atomic E-state index is 0.157. The number of hydrogen-bond acceptors (Lipinski definition) is 6. The van der Waals surface area contributed by atoms with E-state index in [1.165, 1.54) is 5.56 Å². The zero-order valence-electron chi connectivity index (χ0n) is 12.0. The van der Waals surface area contributed by atoms with Crippen LogP contribution in [0.4, 0.5) is 17.6 Å². The topological polar surface area (TPSA) is 77.2 Å². The van der Waals surface area contributed by atoms with E-state index < -0.39 is 0 Å². The van der Waals surface area contributed by atoms with Crippen molar-refractivity contribution in [3.63, 3.8) is 0 Å². The van der Waals surface area contributed by atoms with E-state index in [4.69, 9.17) is 10.5 Å². The SMILES string of the molecule is CCOc1nc(N)nc(N(CC)c2cccc(C)c2)n1. The number of aryl methyl sites for hydroxylation is 1. The molecule has 2 rings (SSSR count). The molecule has 0 bridgehead atoms. The Labute approximate surface area is 118 Å². The van der Waals surface area contributed by atoms with Gasteiger partial charge < -0.3 is 15.4 Å². The maximum atomic E-state index is 5.72. The van der Waals surface area contributed by atoms with Gasteiger partial charge in [0.15, 0.2) is 0 Å². The van der Waals surface area contributed by atoms with Gasteiger partial charge in [0.25, 0.3) is 0 Å². The monoisotopic (exact) mass is 273 g/mol. The summed E-state index contributed by atoms with van der Waals surface area (Å²) in [5, 5.41) is 0. The third-order valence-corrected chi connectivity index (χ3v) is 2.76. The molecular formula is C14H19N5O. The van der Waals surface area contributed by atoms with Crippen molar-refractivity contribution in [2.75, 3.05) is 23.8 Å². The summed E-state index contributed by atoms with van der Waals surface area (Å²) in [6, 6.07) is 8.38. The van der Waals surface area contributed by atoms with Crippen LogP contribution in [0, 0.1) is 6.92 Å². The molecule has 6 nitrogen and oxygen atoms in total. The van der Waals surface area contributed by atoms with E-state index in [2.05, 4.69) is 21.0 Å². The Morgan fingerprint density at radius 2 is 2.00 bits per heavy atom. The highest BCUT2D eigenvalue weighted by molar-refractivity contribution is 5.58. The smallest absolute Gasteiger partial charge is 0.323 e. The lowest BCUT2D eigenvalue weighted by Crippen LogP contribution is -2.20. The highest BCUT2D eigenvalue weighted by Gasteiger charge is 2.13. The third kappa shape index (κ3) is 3.14. The molecule has 20 heavy (non-hydrogen) atoms. The molecule has 0 saturated heterocycles. The first-order valence-corrected chi connectivity index (χ1v) is 6.62. The molecular weight excluding hydrogens is 254 g/mol. The zero-order chi connectivity index (χ0) is 14.5. The van der Waals surface area contributed by atoms with E-state index in [9.17, 15) is 0 Å². The highest BCUT2D eigenvalue weighted by Crippen LogP contribution is 2.24. The van der Waals surface area contributed by atoms with E-state index in [1.54, 1.807) is 0 Å². The number of nitrogens with zero attached hydrogens (tertiary/aromatic N) is 4. The molecule has 6 heteroatoms. The number of benzene rings is 1. The van der Waals surface area contributed by atoms with E-state index >= 15 is 0 Å². The highest BCUT2D eigenvalue weighted by atomic mass is 16.5. The van der Waals surface area contributed by atoms with Crippen LogP contribution in [0.1, 0.15) is 19.4 Å². The Balaban J connectivity index is 2.41. The second-order valence-electron chi connectivity index (χ2n) is 4.29. The molecule has 106 valence electrons. The summed E-state index contributed by atoms with van der Waals surface area (Å²) in [5.41, 5.74) is 7.91. The Morgan fingerprint density at radius 1 is 1.20 bits per heavy atom. The number of anilines is 3. The molecule has 0 aliphatic heterocycles. The first-order chi connectivity index (χ1) is 9.63. The van der Waals surface area contributed by atoms with Crippen LogP contribution in [-0.4, -0.2) is 28.1 Å². The number of nitrogen functional groups attached to an aromatic ring is 1. The second-order valence-corrected chi connectivity index (χ2v) is 4.29. The number of aromatic nitrogens is 3. The largest absolute Gasteiger partial charge is 0.464 e. The molecule has 1 aromatic carbocycles. The van der Waals surface area contributed by atoms with Crippen molar-refractivity contribution in [2.45, 2.75) is 20.8 Å². The number of rotatable bonds is 5. The number of nitrogens with two attached hydrogens (primary N) is 1. The Hall–Kier alpha value is -2.37. The summed E-state index contributed by atoms with van der Waals surface area (Å²) < 4.78 is 5.31. The molecule has 0 amide bonds. The van der Waals surface area contributed by atoms with Gasteiger partial charge in [0.2, 0.25) is 11.9 Å². The van der Waals surface area contributed by atoms with Crippen molar-refractivity contribution >= 4 is 17.6 Å². The molecule has 2 N–H and O–H groups in total. The molecule has 1 heterocycles. The minimum Gasteiger partial charge on any atom is -0.464 e. The first kappa shape index (κ1) is 14.0. The predicted molar refractivity (Wildman–Crippen MR) is 79.3 cm³/mol. The first-order valence-electron chi connectivity index (χ1n) is 6.62. The molecule has 0 aliphatic rings. The predicted octanol–water partition coefficient (Wildman–Crippen LogP) is 2.32. The van der Waals surface area contributed by atoms with Gasteiger partial charge in [0.05, 0.1) is 6.61 Å². The van der Waals surface area contributed by atoms with Gasteiger partial charge in [-0.1, -0.05) is 12.1 Å². The summed E-state index contributed by atoms with van der Waals surface area (Å²) in [6.45, 7) is 7.16. The van der Waals surface area contributed by atoms with Gasteiger partial charge in [-0.25, -0.2) is 0 Å². The molecule has 2 aromatic rings.